The maximum atomic E-state index is 12.7. The number of aryl methyl sites for hydroxylation is 1. The Morgan fingerprint density at radius 3 is 2.33 bits per heavy atom. The highest BCUT2D eigenvalue weighted by atomic mass is 79.9. The fourth-order valence-corrected chi connectivity index (χ4v) is 3.80. The summed E-state index contributed by atoms with van der Waals surface area (Å²) in [6, 6.07) is 15.5. The van der Waals surface area contributed by atoms with E-state index in [-0.39, 0.29) is 11.8 Å². The van der Waals surface area contributed by atoms with Gasteiger partial charge in [0.25, 0.3) is 5.91 Å². The maximum Gasteiger partial charge on any atom is 0.255 e. The van der Waals surface area contributed by atoms with Gasteiger partial charge in [0, 0.05) is 37.1 Å². The van der Waals surface area contributed by atoms with Gasteiger partial charge in [-0.3, -0.25) is 9.59 Å². The molecule has 27 heavy (non-hydrogen) atoms. The predicted molar refractivity (Wildman–Crippen MR) is 111 cm³/mol. The molecule has 142 valence electrons. The topological polar surface area (TPSA) is 40.6 Å². The van der Waals surface area contributed by atoms with Crippen molar-refractivity contribution in [3.63, 3.8) is 0 Å². The first-order valence-electron chi connectivity index (χ1n) is 9.10. The smallest absolute Gasteiger partial charge is 0.255 e. The van der Waals surface area contributed by atoms with Gasteiger partial charge in [0.1, 0.15) is 0 Å². The van der Waals surface area contributed by atoms with E-state index >= 15 is 0 Å². The molecule has 2 aromatic rings. The van der Waals surface area contributed by atoms with E-state index < -0.39 is 0 Å². The van der Waals surface area contributed by atoms with Crippen LogP contribution in [0.5, 0.6) is 0 Å². The zero-order valence-corrected chi connectivity index (χ0v) is 17.4. The molecule has 1 heterocycles. The first kappa shape index (κ1) is 19.9. The van der Waals surface area contributed by atoms with Crippen LogP contribution in [0, 0.1) is 0 Å². The van der Waals surface area contributed by atoms with Gasteiger partial charge in [-0.05, 0) is 36.6 Å². The lowest BCUT2D eigenvalue weighted by molar-refractivity contribution is -0.132. The number of carbonyl (C=O) groups is 2. The third-order valence-electron chi connectivity index (χ3n) is 4.78. The van der Waals surface area contributed by atoms with Crippen LogP contribution in [0.4, 0.5) is 0 Å². The van der Waals surface area contributed by atoms with Gasteiger partial charge in [-0.15, -0.1) is 0 Å². The SMILES string of the molecule is O=C(CCCc1ccccc1)N1CCN(C(=O)c2cc(Br)ccc2Cl)CC1. The van der Waals surface area contributed by atoms with Crippen LogP contribution in [0.15, 0.2) is 53.0 Å². The third-order valence-corrected chi connectivity index (χ3v) is 5.60. The molecule has 0 aromatic heterocycles. The molecule has 0 radical (unpaired) electrons. The quantitative estimate of drug-likeness (QED) is 0.678. The standard InChI is InChI=1S/C21H22BrClN2O2/c22-17-9-10-19(23)18(15-17)21(27)25-13-11-24(12-14-25)20(26)8-4-7-16-5-2-1-3-6-16/h1-3,5-6,9-10,15H,4,7-8,11-14H2. The van der Waals surface area contributed by atoms with Crippen LogP contribution in [0.25, 0.3) is 0 Å². The summed E-state index contributed by atoms with van der Waals surface area (Å²) in [6.07, 6.45) is 2.29. The van der Waals surface area contributed by atoms with Gasteiger partial charge in [-0.25, -0.2) is 0 Å². The highest BCUT2D eigenvalue weighted by Crippen LogP contribution is 2.23. The third kappa shape index (κ3) is 5.33. The van der Waals surface area contributed by atoms with Crippen molar-refractivity contribution < 1.29 is 9.59 Å². The number of piperazine rings is 1. The number of rotatable bonds is 5. The number of hydrogen-bond acceptors (Lipinski definition) is 2. The highest BCUT2D eigenvalue weighted by Gasteiger charge is 2.25. The van der Waals surface area contributed by atoms with Crippen molar-refractivity contribution >= 4 is 39.3 Å². The Labute approximate surface area is 173 Å². The van der Waals surface area contributed by atoms with Crippen molar-refractivity contribution in [2.75, 3.05) is 26.2 Å². The van der Waals surface area contributed by atoms with Gasteiger partial charge < -0.3 is 9.80 Å². The summed E-state index contributed by atoms with van der Waals surface area (Å²) in [5.41, 5.74) is 1.75. The van der Waals surface area contributed by atoms with Gasteiger partial charge in [0.05, 0.1) is 10.6 Å². The van der Waals surface area contributed by atoms with Gasteiger partial charge in [0.15, 0.2) is 0 Å². The highest BCUT2D eigenvalue weighted by molar-refractivity contribution is 9.10. The molecule has 2 amide bonds. The lowest BCUT2D eigenvalue weighted by atomic mass is 10.1. The summed E-state index contributed by atoms with van der Waals surface area (Å²) in [7, 11) is 0. The largest absolute Gasteiger partial charge is 0.339 e. The van der Waals surface area contributed by atoms with E-state index in [1.807, 2.05) is 29.2 Å². The maximum absolute atomic E-state index is 12.7. The minimum absolute atomic E-state index is 0.0857. The number of halogens is 2. The van der Waals surface area contributed by atoms with Crippen molar-refractivity contribution in [2.45, 2.75) is 19.3 Å². The molecule has 0 saturated carbocycles. The van der Waals surface area contributed by atoms with Crippen molar-refractivity contribution in [2.24, 2.45) is 0 Å². The van der Waals surface area contributed by atoms with Crippen molar-refractivity contribution in [1.29, 1.82) is 0 Å². The Kier molecular flexibility index (Phi) is 6.91. The Bertz CT molecular complexity index is 805. The number of carbonyl (C=O) groups excluding carboxylic acids is 2. The Balaban J connectivity index is 1.47. The van der Waals surface area contributed by atoms with E-state index in [1.54, 1.807) is 17.0 Å². The number of nitrogens with zero attached hydrogens (tertiary/aromatic N) is 2. The van der Waals surface area contributed by atoms with E-state index in [2.05, 4.69) is 28.1 Å². The molecule has 4 nitrogen and oxygen atoms in total. The van der Waals surface area contributed by atoms with Crippen molar-refractivity contribution in [3.8, 4) is 0 Å². The van der Waals surface area contributed by atoms with Crippen LogP contribution in [0.2, 0.25) is 5.02 Å². The molecule has 1 saturated heterocycles. The molecule has 3 rings (SSSR count). The first-order valence-corrected chi connectivity index (χ1v) is 10.3. The van der Waals surface area contributed by atoms with Gasteiger partial charge in [0.2, 0.25) is 5.91 Å². The summed E-state index contributed by atoms with van der Waals surface area (Å²) in [5.74, 6) is 0.0796. The minimum atomic E-state index is -0.0857. The summed E-state index contributed by atoms with van der Waals surface area (Å²) in [4.78, 5) is 28.7. The van der Waals surface area contributed by atoms with Crippen LogP contribution in [0.1, 0.15) is 28.8 Å². The fourth-order valence-electron chi connectivity index (χ4n) is 3.24. The molecule has 0 aliphatic carbocycles. The molecule has 0 atom stereocenters. The molecule has 6 heteroatoms. The number of hydrogen-bond donors (Lipinski definition) is 0. The Morgan fingerprint density at radius 1 is 0.963 bits per heavy atom. The average molecular weight is 450 g/mol. The zero-order valence-electron chi connectivity index (χ0n) is 15.0. The van der Waals surface area contributed by atoms with E-state index in [4.69, 9.17) is 11.6 Å². The second kappa shape index (κ2) is 9.38. The molecule has 1 fully saturated rings. The van der Waals surface area contributed by atoms with Crippen LogP contribution in [-0.4, -0.2) is 47.8 Å². The molecule has 0 N–H and O–H groups in total. The van der Waals surface area contributed by atoms with Gasteiger partial charge in [-0.1, -0.05) is 57.9 Å². The second-order valence-electron chi connectivity index (χ2n) is 6.64. The molecule has 0 bridgehead atoms. The van der Waals surface area contributed by atoms with Gasteiger partial charge in [-0.2, -0.15) is 0 Å². The normalized spacial score (nSPS) is 14.3. The van der Waals surface area contributed by atoms with E-state index in [9.17, 15) is 9.59 Å². The van der Waals surface area contributed by atoms with Gasteiger partial charge >= 0.3 is 0 Å². The van der Waals surface area contributed by atoms with E-state index in [0.29, 0.717) is 43.2 Å². The van der Waals surface area contributed by atoms with E-state index in [0.717, 1.165) is 17.3 Å². The zero-order chi connectivity index (χ0) is 19.2. The summed E-state index contributed by atoms with van der Waals surface area (Å²) in [5, 5.41) is 0.447. The van der Waals surface area contributed by atoms with Crippen molar-refractivity contribution in [1.82, 2.24) is 9.80 Å². The number of amides is 2. The first-order chi connectivity index (χ1) is 13.0. The molecule has 1 aliphatic rings. The Morgan fingerprint density at radius 2 is 1.63 bits per heavy atom. The second-order valence-corrected chi connectivity index (χ2v) is 7.96. The monoisotopic (exact) mass is 448 g/mol. The molecule has 0 spiro atoms. The van der Waals surface area contributed by atoms with E-state index in [1.165, 1.54) is 5.56 Å². The molecule has 2 aromatic carbocycles. The van der Waals surface area contributed by atoms with Crippen LogP contribution >= 0.6 is 27.5 Å². The fraction of sp³-hybridized carbons (Fsp3) is 0.333. The van der Waals surface area contributed by atoms with Crippen LogP contribution in [-0.2, 0) is 11.2 Å². The average Bonchev–Trinajstić information content (AvgIpc) is 2.70. The molecular formula is C21H22BrClN2O2. The predicted octanol–water partition coefficient (Wildman–Crippen LogP) is 4.41. The van der Waals surface area contributed by atoms with Crippen LogP contribution < -0.4 is 0 Å². The lowest BCUT2D eigenvalue weighted by Gasteiger charge is -2.35. The molecular weight excluding hydrogens is 428 g/mol. The van der Waals surface area contributed by atoms with Crippen LogP contribution in [0.3, 0.4) is 0 Å². The summed E-state index contributed by atoms with van der Waals surface area (Å²) in [6.45, 7) is 2.21. The summed E-state index contributed by atoms with van der Waals surface area (Å²) >= 11 is 9.54. The Hall–Kier alpha value is -1.85. The molecule has 0 unspecified atom stereocenters. The van der Waals surface area contributed by atoms with Crippen molar-refractivity contribution in [3.05, 3.63) is 69.2 Å². The molecule has 1 aliphatic heterocycles. The minimum Gasteiger partial charge on any atom is -0.339 e. The number of benzene rings is 2. The summed E-state index contributed by atoms with van der Waals surface area (Å²) < 4.78 is 0.822. The lowest BCUT2D eigenvalue weighted by Crippen LogP contribution is -2.50.